The Morgan fingerprint density at radius 1 is 0.800 bits per heavy atom. The van der Waals surface area contributed by atoms with E-state index in [1.54, 1.807) is 0 Å². The molecule has 0 atom stereocenters. The number of benzene rings is 2. The van der Waals surface area contributed by atoms with Gasteiger partial charge in [-0.2, -0.15) is 0 Å². The third kappa shape index (κ3) is 3.21. The summed E-state index contributed by atoms with van der Waals surface area (Å²) in [6.07, 6.45) is 0. The van der Waals surface area contributed by atoms with Crippen LogP contribution in [-0.2, 0) is 0 Å². The molecule has 0 amide bonds. The molecule has 15 heavy (non-hydrogen) atoms. The zero-order valence-corrected chi connectivity index (χ0v) is 11.5. The number of halogens is 2. The highest BCUT2D eigenvalue weighted by atomic mass is 127. The molecule has 0 spiro atoms. The summed E-state index contributed by atoms with van der Waals surface area (Å²) in [6.45, 7) is 0. The summed E-state index contributed by atoms with van der Waals surface area (Å²) in [6, 6.07) is 15.8. The van der Waals surface area contributed by atoms with Crippen molar-refractivity contribution in [2.45, 2.75) is 0 Å². The average Bonchev–Trinajstić information content (AvgIpc) is 2.25. The lowest BCUT2D eigenvalue weighted by Crippen LogP contribution is -1.83. The molecular weight excluding hydrogens is 367 g/mol. The fraction of sp³-hybridized carbons (Fsp3) is 0. The average molecular weight is 375 g/mol. The first kappa shape index (κ1) is 11.0. The van der Waals surface area contributed by atoms with Crippen LogP contribution in [0.15, 0.2) is 53.0 Å². The Labute approximate surface area is 111 Å². The highest BCUT2D eigenvalue weighted by Gasteiger charge is 1.96. The van der Waals surface area contributed by atoms with Gasteiger partial charge in [0.05, 0.1) is 0 Å². The van der Waals surface area contributed by atoms with Gasteiger partial charge in [0.1, 0.15) is 11.5 Å². The molecule has 0 fully saturated rings. The molecule has 0 aliphatic heterocycles. The van der Waals surface area contributed by atoms with Crippen molar-refractivity contribution in [2.75, 3.05) is 0 Å². The second-order valence-corrected chi connectivity index (χ2v) is 5.17. The van der Waals surface area contributed by atoms with Crippen molar-refractivity contribution in [3.8, 4) is 11.5 Å². The Kier molecular flexibility index (Phi) is 3.64. The first-order chi connectivity index (χ1) is 7.24. The lowest BCUT2D eigenvalue weighted by Gasteiger charge is -2.05. The fourth-order valence-corrected chi connectivity index (χ4v) is 1.77. The molecule has 0 unspecified atom stereocenters. The van der Waals surface area contributed by atoms with Gasteiger partial charge >= 0.3 is 0 Å². The smallest absolute Gasteiger partial charge is 0.127 e. The largest absolute Gasteiger partial charge is 0.457 e. The summed E-state index contributed by atoms with van der Waals surface area (Å²) >= 11 is 5.65. The van der Waals surface area contributed by atoms with Crippen molar-refractivity contribution in [3.05, 3.63) is 56.6 Å². The van der Waals surface area contributed by atoms with Crippen LogP contribution in [0.3, 0.4) is 0 Å². The van der Waals surface area contributed by atoms with Crippen LogP contribution >= 0.6 is 38.5 Å². The minimum atomic E-state index is 0.847. The molecule has 0 radical (unpaired) electrons. The lowest BCUT2D eigenvalue weighted by molar-refractivity contribution is 0.482. The van der Waals surface area contributed by atoms with Gasteiger partial charge in [0, 0.05) is 8.04 Å². The molecule has 2 aromatic carbocycles. The van der Waals surface area contributed by atoms with Gasteiger partial charge < -0.3 is 4.74 Å². The molecule has 3 heteroatoms. The maximum atomic E-state index is 5.66. The van der Waals surface area contributed by atoms with Crippen LogP contribution in [0, 0.1) is 3.57 Å². The van der Waals surface area contributed by atoms with Crippen LogP contribution in [0.2, 0.25) is 0 Å². The van der Waals surface area contributed by atoms with E-state index in [9.17, 15) is 0 Å². The Balaban J connectivity index is 2.15. The number of hydrogen-bond donors (Lipinski definition) is 0. The summed E-state index contributed by atoms with van der Waals surface area (Å²) < 4.78 is 7.92. The van der Waals surface area contributed by atoms with Gasteiger partial charge in [-0.3, -0.25) is 0 Å². The predicted molar refractivity (Wildman–Crippen MR) is 73.4 cm³/mol. The third-order valence-electron chi connectivity index (χ3n) is 1.86. The van der Waals surface area contributed by atoms with E-state index in [0.29, 0.717) is 0 Å². The summed E-state index contributed by atoms with van der Waals surface area (Å²) in [5, 5.41) is 0. The molecule has 0 heterocycles. The molecule has 1 nitrogen and oxygen atoms in total. The minimum Gasteiger partial charge on any atom is -0.457 e. The first-order valence-electron chi connectivity index (χ1n) is 4.43. The fourth-order valence-electron chi connectivity index (χ4n) is 1.14. The Bertz CT molecular complexity index is 393. The number of rotatable bonds is 2. The molecule has 0 aliphatic rings. The molecular formula is C12H8BrIO. The van der Waals surface area contributed by atoms with Crippen molar-refractivity contribution >= 4 is 38.5 Å². The molecule has 2 aromatic rings. The second-order valence-electron chi connectivity index (χ2n) is 3.01. The van der Waals surface area contributed by atoms with Gasteiger partial charge in [0.15, 0.2) is 0 Å². The van der Waals surface area contributed by atoms with E-state index in [1.807, 2.05) is 48.5 Å². The highest BCUT2D eigenvalue weighted by molar-refractivity contribution is 14.1. The summed E-state index contributed by atoms with van der Waals surface area (Å²) in [4.78, 5) is 0. The molecule has 0 bridgehead atoms. The quantitative estimate of drug-likeness (QED) is 0.683. The van der Waals surface area contributed by atoms with Crippen LogP contribution in [0.5, 0.6) is 11.5 Å². The zero-order valence-electron chi connectivity index (χ0n) is 7.78. The van der Waals surface area contributed by atoms with Crippen LogP contribution in [-0.4, -0.2) is 0 Å². The summed E-state index contributed by atoms with van der Waals surface area (Å²) in [7, 11) is 0. The van der Waals surface area contributed by atoms with Gasteiger partial charge in [-0.15, -0.1) is 0 Å². The maximum absolute atomic E-state index is 5.66. The van der Waals surface area contributed by atoms with Crippen LogP contribution < -0.4 is 4.74 Å². The van der Waals surface area contributed by atoms with E-state index in [1.165, 1.54) is 3.57 Å². The molecule has 2 rings (SSSR count). The molecule has 0 saturated carbocycles. The number of hydrogen-bond acceptors (Lipinski definition) is 1. The summed E-state index contributed by atoms with van der Waals surface area (Å²) in [5.41, 5.74) is 0. The van der Waals surface area contributed by atoms with Crippen LogP contribution in [0.4, 0.5) is 0 Å². The van der Waals surface area contributed by atoms with E-state index in [-0.39, 0.29) is 0 Å². The Morgan fingerprint density at radius 3 is 1.80 bits per heavy atom. The predicted octanol–water partition coefficient (Wildman–Crippen LogP) is 4.85. The molecule has 0 aliphatic carbocycles. The van der Waals surface area contributed by atoms with Gasteiger partial charge in [-0.05, 0) is 71.1 Å². The Morgan fingerprint density at radius 2 is 1.27 bits per heavy atom. The van der Waals surface area contributed by atoms with E-state index in [2.05, 4.69) is 38.5 Å². The third-order valence-corrected chi connectivity index (χ3v) is 3.11. The van der Waals surface area contributed by atoms with E-state index in [0.717, 1.165) is 16.0 Å². The van der Waals surface area contributed by atoms with Crippen molar-refractivity contribution in [2.24, 2.45) is 0 Å². The Hall–Kier alpha value is -0.550. The monoisotopic (exact) mass is 374 g/mol. The van der Waals surface area contributed by atoms with Gasteiger partial charge in [0.2, 0.25) is 0 Å². The van der Waals surface area contributed by atoms with Crippen LogP contribution in [0.25, 0.3) is 0 Å². The topological polar surface area (TPSA) is 9.23 Å². The second kappa shape index (κ2) is 4.99. The van der Waals surface area contributed by atoms with Gasteiger partial charge in [-0.25, -0.2) is 0 Å². The molecule has 0 aromatic heterocycles. The van der Waals surface area contributed by atoms with E-state index in [4.69, 9.17) is 4.74 Å². The normalized spacial score (nSPS) is 10.0. The van der Waals surface area contributed by atoms with Crippen molar-refractivity contribution in [1.29, 1.82) is 0 Å². The van der Waals surface area contributed by atoms with Crippen molar-refractivity contribution < 1.29 is 4.74 Å². The van der Waals surface area contributed by atoms with Gasteiger partial charge in [-0.1, -0.05) is 15.9 Å². The SMILES string of the molecule is Brc1ccc(Oc2ccc(I)cc2)cc1. The number of ether oxygens (including phenoxy) is 1. The van der Waals surface area contributed by atoms with E-state index >= 15 is 0 Å². The first-order valence-corrected chi connectivity index (χ1v) is 6.30. The summed E-state index contributed by atoms with van der Waals surface area (Å²) in [5.74, 6) is 1.71. The standard InChI is InChI=1S/C12H8BrIO/c13-9-1-5-11(6-2-9)15-12-7-3-10(14)4-8-12/h1-8H. The lowest BCUT2D eigenvalue weighted by atomic mass is 10.3. The molecule has 76 valence electrons. The van der Waals surface area contributed by atoms with Crippen molar-refractivity contribution in [3.63, 3.8) is 0 Å². The minimum absolute atomic E-state index is 0.847. The highest BCUT2D eigenvalue weighted by Crippen LogP contribution is 2.23. The van der Waals surface area contributed by atoms with E-state index < -0.39 is 0 Å². The molecule has 0 saturated heterocycles. The van der Waals surface area contributed by atoms with Crippen molar-refractivity contribution in [1.82, 2.24) is 0 Å². The zero-order chi connectivity index (χ0) is 10.7. The maximum Gasteiger partial charge on any atom is 0.127 e. The molecule has 0 N–H and O–H groups in total. The van der Waals surface area contributed by atoms with Gasteiger partial charge in [0.25, 0.3) is 0 Å². The van der Waals surface area contributed by atoms with Crippen LogP contribution in [0.1, 0.15) is 0 Å².